The van der Waals surface area contributed by atoms with Gasteiger partial charge in [0.25, 0.3) is 5.56 Å². The number of aliphatic hydroxyl groups excluding tert-OH is 1. The molecule has 32 heavy (non-hydrogen) atoms. The van der Waals surface area contributed by atoms with Crippen LogP contribution in [-0.2, 0) is 6.54 Å². The van der Waals surface area contributed by atoms with Gasteiger partial charge in [-0.05, 0) is 48.5 Å². The van der Waals surface area contributed by atoms with Gasteiger partial charge in [0.15, 0.2) is 11.4 Å². The summed E-state index contributed by atoms with van der Waals surface area (Å²) in [6.45, 7) is 1.74. The van der Waals surface area contributed by atoms with Crippen molar-refractivity contribution in [1.82, 2.24) is 19.3 Å². The summed E-state index contributed by atoms with van der Waals surface area (Å²) >= 11 is 0. The first-order valence-corrected chi connectivity index (χ1v) is 10.1. The standard InChI is InChI=1S/C23H21FN4O4/c1-2-21(30)15-3-9-19(10-4-15)32-13-18(29)12-27-14-25-22-20(23(27)31)11-26-28(22)17-7-5-16(24)6-8-17/h3-11,14,18,29H,2,12-13H2,1H3/t18-/m0/s1. The van der Waals surface area contributed by atoms with Crippen molar-refractivity contribution >= 4 is 16.8 Å². The zero-order chi connectivity index (χ0) is 22.7. The molecular weight excluding hydrogens is 415 g/mol. The summed E-state index contributed by atoms with van der Waals surface area (Å²) < 4.78 is 21.5. The van der Waals surface area contributed by atoms with E-state index in [1.54, 1.807) is 43.3 Å². The Morgan fingerprint density at radius 3 is 2.56 bits per heavy atom. The summed E-state index contributed by atoms with van der Waals surface area (Å²) in [5.74, 6) is 0.182. The molecule has 0 bridgehead atoms. The van der Waals surface area contributed by atoms with Gasteiger partial charge in [-0.1, -0.05) is 6.92 Å². The van der Waals surface area contributed by atoms with Crippen molar-refractivity contribution in [1.29, 1.82) is 0 Å². The molecule has 0 unspecified atom stereocenters. The first-order chi connectivity index (χ1) is 15.5. The van der Waals surface area contributed by atoms with Crippen LogP contribution >= 0.6 is 0 Å². The van der Waals surface area contributed by atoms with Crippen molar-refractivity contribution in [3.05, 3.63) is 82.8 Å². The van der Waals surface area contributed by atoms with E-state index in [-0.39, 0.29) is 35.7 Å². The summed E-state index contributed by atoms with van der Waals surface area (Å²) in [5.41, 5.74) is 1.16. The average Bonchev–Trinajstić information content (AvgIpc) is 3.25. The molecule has 0 aliphatic heterocycles. The van der Waals surface area contributed by atoms with Gasteiger partial charge in [0, 0.05) is 12.0 Å². The maximum Gasteiger partial charge on any atom is 0.264 e. The molecule has 0 amide bonds. The van der Waals surface area contributed by atoms with Crippen LogP contribution in [0.15, 0.2) is 65.8 Å². The number of rotatable bonds is 8. The fourth-order valence-corrected chi connectivity index (χ4v) is 3.26. The predicted molar refractivity (Wildman–Crippen MR) is 116 cm³/mol. The minimum Gasteiger partial charge on any atom is -0.491 e. The third-order valence-electron chi connectivity index (χ3n) is 4.97. The summed E-state index contributed by atoms with van der Waals surface area (Å²) in [6.07, 6.45) is 2.19. The number of aromatic nitrogens is 4. The number of Topliss-reactive ketones (excluding diaryl/α,β-unsaturated/α-hetero) is 1. The Morgan fingerprint density at radius 1 is 1.16 bits per heavy atom. The monoisotopic (exact) mass is 436 g/mol. The Balaban J connectivity index is 1.45. The van der Waals surface area contributed by atoms with Crippen LogP contribution in [0, 0.1) is 5.82 Å². The maximum absolute atomic E-state index is 13.2. The van der Waals surface area contributed by atoms with Crippen LogP contribution in [0.1, 0.15) is 23.7 Å². The minimum atomic E-state index is -0.962. The Hall–Kier alpha value is -3.85. The zero-order valence-corrected chi connectivity index (χ0v) is 17.3. The molecule has 0 aliphatic carbocycles. The molecule has 0 radical (unpaired) electrons. The van der Waals surface area contributed by atoms with E-state index < -0.39 is 6.10 Å². The van der Waals surface area contributed by atoms with Gasteiger partial charge >= 0.3 is 0 Å². The van der Waals surface area contributed by atoms with Gasteiger partial charge in [-0.2, -0.15) is 5.10 Å². The lowest BCUT2D eigenvalue weighted by atomic mass is 10.1. The van der Waals surface area contributed by atoms with Crippen molar-refractivity contribution in [2.45, 2.75) is 26.0 Å². The number of hydrogen-bond donors (Lipinski definition) is 1. The number of benzene rings is 2. The first-order valence-electron chi connectivity index (χ1n) is 10.1. The third kappa shape index (κ3) is 4.42. The molecule has 0 spiro atoms. The molecule has 164 valence electrons. The second-order valence-electron chi connectivity index (χ2n) is 7.24. The Bertz CT molecular complexity index is 1300. The third-order valence-corrected chi connectivity index (χ3v) is 4.97. The highest BCUT2D eigenvalue weighted by molar-refractivity contribution is 5.95. The van der Waals surface area contributed by atoms with E-state index >= 15 is 0 Å². The smallest absolute Gasteiger partial charge is 0.264 e. The number of fused-ring (bicyclic) bond motifs is 1. The number of ketones is 1. The molecule has 2 aromatic heterocycles. The van der Waals surface area contributed by atoms with Crippen molar-refractivity contribution in [2.75, 3.05) is 6.61 Å². The fraction of sp³-hybridized carbons (Fsp3) is 0.217. The molecule has 9 heteroatoms. The molecule has 2 aromatic carbocycles. The lowest BCUT2D eigenvalue weighted by Gasteiger charge is -2.14. The van der Waals surface area contributed by atoms with E-state index in [4.69, 9.17) is 4.74 Å². The van der Waals surface area contributed by atoms with Crippen LogP contribution in [0.3, 0.4) is 0 Å². The summed E-state index contributed by atoms with van der Waals surface area (Å²) in [4.78, 5) is 28.8. The number of halogens is 1. The van der Waals surface area contributed by atoms with Crippen LogP contribution in [0.25, 0.3) is 16.7 Å². The highest BCUT2D eigenvalue weighted by atomic mass is 19.1. The van der Waals surface area contributed by atoms with E-state index in [2.05, 4.69) is 10.1 Å². The second-order valence-corrected chi connectivity index (χ2v) is 7.24. The zero-order valence-electron chi connectivity index (χ0n) is 17.3. The SMILES string of the molecule is CCC(=O)c1ccc(OC[C@@H](O)Cn2cnc3c(cnn3-c3ccc(F)cc3)c2=O)cc1. The summed E-state index contributed by atoms with van der Waals surface area (Å²) in [6, 6.07) is 12.4. The highest BCUT2D eigenvalue weighted by Crippen LogP contribution is 2.15. The highest BCUT2D eigenvalue weighted by Gasteiger charge is 2.14. The van der Waals surface area contributed by atoms with Gasteiger partial charge in [-0.15, -0.1) is 0 Å². The summed E-state index contributed by atoms with van der Waals surface area (Å²) in [7, 11) is 0. The van der Waals surface area contributed by atoms with Crippen LogP contribution in [0.2, 0.25) is 0 Å². The van der Waals surface area contributed by atoms with E-state index in [0.717, 1.165) is 0 Å². The van der Waals surface area contributed by atoms with Crippen molar-refractivity contribution in [3.63, 3.8) is 0 Å². The Labute approximate surface area is 182 Å². The van der Waals surface area contributed by atoms with Crippen LogP contribution in [0.4, 0.5) is 4.39 Å². The molecule has 0 saturated heterocycles. The number of carbonyl (C=O) groups excluding carboxylic acids is 1. The Morgan fingerprint density at radius 2 is 1.88 bits per heavy atom. The quantitative estimate of drug-likeness (QED) is 0.427. The second kappa shape index (κ2) is 9.11. The first kappa shape index (κ1) is 21.4. The van der Waals surface area contributed by atoms with E-state index in [0.29, 0.717) is 29.1 Å². The van der Waals surface area contributed by atoms with Gasteiger partial charge in [-0.25, -0.2) is 14.1 Å². The summed E-state index contributed by atoms with van der Waals surface area (Å²) in [5, 5.41) is 14.8. The van der Waals surface area contributed by atoms with Gasteiger partial charge in [-0.3, -0.25) is 14.2 Å². The van der Waals surface area contributed by atoms with Crippen molar-refractivity contribution in [3.8, 4) is 11.4 Å². The van der Waals surface area contributed by atoms with Crippen LogP contribution in [0.5, 0.6) is 5.75 Å². The number of aliphatic hydroxyl groups is 1. The van der Waals surface area contributed by atoms with E-state index in [1.807, 2.05) is 0 Å². The van der Waals surface area contributed by atoms with E-state index in [9.17, 15) is 19.1 Å². The number of carbonyl (C=O) groups is 1. The molecule has 2 heterocycles. The topological polar surface area (TPSA) is 99.2 Å². The number of ether oxygens (including phenoxy) is 1. The van der Waals surface area contributed by atoms with Gasteiger partial charge in [0.2, 0.25) is 0 Å². The fourth-order valence-electron chi connectivity index (χ4n) is 3.26. The van der Waals surface area contributed by atoms with Gasteiger partial charge in [0.1, 0.15) is 36.0 Å². The van der Waals surface area contributed by atoms with E-state index in [1.165, 1.54) is 33.9 Å². The van der Waals surface area contributed by atoms with Gasteiger partial charge in [0.05, 0.1) is 18.4 Å². The lowest BCUT2D eigenvalue weighted by Crippen LogP contribution is -2.30. The molecule has 0 aliphatic rings. The molecule has 0 saturated carbocycles. The number of nitrogens with zero attached hydrogens (tertiary/aromatic N) is 4. The largest absolute Gasteiger partial charge is 0.491 e. The Kier molecular flexibility index (Phi) is 6.09. The normalized spacial score (nSPS) is 12.1. The average molecular weight is 436 g/mol. The molecule has 0 fully saturated rings. The molecule has 4 rings (SSSR count). The number of hydrogen-bond acceptors (Lipinski definition) is 6. The molecule has 8 nitrogen and oxygen atoms in total. The van der Waals surface area contributed by atoms with Crippen molar-refractivity contribution < 1.29 is 19.0 Å². The predicted octanol–water partition coefficient (Wildman–Crippen LogP) is 2.75. The minimum absolute atomic E-state index is 0.0180. The van der Waals surface area contributed by atoms with Crippen LogP contribution < -0.4 is 10.3 Å². The molecule has 1 N–H and O–H groups in total. The van der Waals surface area contributed by atoms with Crippen LogP contribution in [-0.4, -0.2) is 42.9 Å². The van der Waals surface area contributed by atoms with Gasteiger partial charge < -0.3 is 9.84 Å². The molecule has 1 atom stereocenters. The molecule has 4 aromatic rings. The molecular formula is C23H21FN4O4. The van der Waals surface area contributed by atoms with Crippen molar-refractivity contribution in [2.24, 2.45) is 0 Å². The lowest BCUT2D eigenvalue weighted by molar-refractivity contribution is 0.0913. The maximum atomic E-state index is 13.2.